The normalized spacial score (nSPS) is 22.3. The van der Waals surface area contributed by atoms with Gasteiger partial charge in [-0.15, -0.1) is 0 Å². The van der Waals surface area contributed by atoms with Crippen LogP contribution in [0.15, 0.2) is 0 Å². The second kappa shape index (κ2) is 9.95. The molecule has 3 atom stereocenters. The lowest BCUT2D eigenvalue weighted by Gasteiger charge is -2.35. The quantitative estimate of drug-likeness (QED) is 0.500. The lowest BCUT2D eigenvalue weighted by Crippen LogP contribution is -2.53. The van der Waals surface area contributed by atoms with Crippen molar-refractivity contribution < 1.29 is 34.1 Å². The molecule has 150 valence electrons. The van der Waals surface area contributed by atoms with Gasteiger partial charge in [0.25, 0.3) is 0 Å². The van der Waals surface area contributed by atoms with Crippen molar-refractivity contribution in [1.29, 1.82) is 0 Å². The first kappa shape index (κ1) is 23.6. The van der Waals surface area contributed by atoms with Crippen molar-refractivity contribution in [3.8, 4) is 0 Å². The number of carboxylic acid groups (broad SMARTS) is 2. The molecule has 0 unspecified atom stereocenters. The van der Waals surface area contributed by atoms with Crippen LogP contribution in [0, 0.1) is 5.92 Å². The van der Waals surface area contributed by atoms with Crippen LogP contribution in [0.2, 0.25) is 0 Å². The van der Waals surface area contributed by atoms with Gasteiger partial charge in [0.05, 0.1) is 0 Å². The minimum atomic E-state index is -1.82. The molecule has 0 heterocycles. The van der Waals surface area contributed by atoms with Gasteiger partial charge in [-0.1, -0.05) is 0 Å². The van der Waals surface area contributed by atoms with Gasteiger partial charge in [-0.05, 0) is 40.0 Å². The molecule has 0 aliphatic heterocycles. The van der Waals surface area contributed by atoms with Gasteiger partial charge in [0.15, 0.2) is 0 Å². The maximum absolute atomic E-state index is 12.0. The first-order chi connectivity index (χ1) is 11.7. The summed E-state index contributed by atoms with van der Waals surface area (Å²) >= 11 is 0. The van der Waals surface area contributed by atoms with Crippen molar-refractivity contribution in [2.24, 2.45) is 11.7 Å². The van der Waals surface area contributed by atoms with E-state index in [4.69, 9.17) is 30.3 Å². The number of aliphatic carboxylic acids is 2. The molecule has 0 bridgehead atoms. The summed E-state index contributed by atoms with van der Waals surface area (Å²) in [5, 5.41) is 17.6. The zero-order chi connectivity index (χ0) is 20.7. The molecule has 5 N–H and O–H groups in total. The smallest absolute Gasteiger partial charge is 0.414 e. The van der Waals surface area contributed by atoms with Crippen LogP contribution < -0.4 is 11.1 Å². The molecule has 26 heavy (non-hydrogen) atoms. The number of carbonyl (C=O) groups is 4. The molecule has 0 saturated heterocycles. The molecule has 1 aliphatic rings. The highest BCUT2D eigenvalue weighted by Crippen LogP contribution is 2.25. The van der Waals surface area contributed by atoms with Crippen molar-refractivity contribution in [3.63, 3.8) is 0 Å². The molecular weight excluding hydrogens is 346 g/mol. The summed E-state index contributed by atoms with van der Waals surface area (Å²) < 4.78 is 5.23. The van der Waals surface area contributed by atoms with Crippen LogP contribution in [-0.2, 0) is 19.1 Å². The lowest BCUT2D eigenvalue weighted by atomic mass is 9.82. The summed E-state index contributed by atoms with van der Waals surface area (Å²) in [7, 11) is 3.49. The number of ether oxygens (including phenoxy) is 1. The van der Waals surface area contributed by atoms with Crippen molar-refractivity contribution in [1.82, 2.24) is 10.2 Å². The Morgan fingerprint density at radius 3 is 1.96 bits per heavy atom. The highest BCUT2D eigenvalue weighted by molar-refractivity contribution is 6.27. The Morgan fingerprint density at radius 2 is 1.58 bits per heavy atom. The van der Waals surface area contributed by atoms with E-state index in [0.29, 0.717) is 6.42 Å². The maximum Gasteiger partial charge on any atom is 0.414 e. The number of carbonyl (C=O) groups excluding carboxylic acids is 2. The first-order valence-electron chi connectivity index (χ1n) is 8.17. The Morgan fingerprint density at radius 1 is 1.08 bits per heavy atom. The van der Waals surface area contributed by atoms with Gasteiger partial charge in [-0.3, -0.25) is 4.79 Å². The van der Waals surface area contributed by atoms with E-state index < -0.39 is 23.6 Å². The fourth-order valence-electron chi connectivity index (χ4n) is 2.41. The van der Waals surface area contributed by atoms with E-state index in [2.05, 4.69) is 5.32 Å². The fraction of sp³-hybridized carbons (Fsp3) is 0.750. The SMILES string of the molecule is CN(C)C(=O)[C@H]1CC[C@H](N)[C@@H](NC(=O)OC(C)(C)C)C1.O=C(O)C(=O)O. The monoisotopic (exact) mass is 375 g/mol. The number of nitrogens with one attached hydrogen (secondary N) is 1. The van der Waals surface area contributed by atoms with E-state index in [1.165, 1.54) is 0 Å². The van der Waals surface area contributed by atoms with Crippen LogP contribution >= 0.6 is 0 Å². The summed E-state index contributed by atoms with van der Waals surface area (Å²) in [5.74, 6) is -3.64. The summed E-state index contributed by atoms with van der Waals surface area (Å²) in [5.41, 5.74) is 5.49. The van der Waals surface area contributed by atoms with Crippen molar-refractivity contribution in [2.75, 3.05) is 14.1 Å². The van der Waals surface area contributed by atoms with Gasteiger partial charge in [-0.2, -0.15) is 0 Å². The standard InChI is InChI=1S/C14H27N3O3.C2H2O4/c1-14(2,3)20-13(19)16-11-8-9(6-7-10(11)15)12(18)17(4)5;3-1(4)2(5)6/h9-11H,6-8,15H2,1-5H3,(H,16,19);(H,3,4)(H,5,6)/t9-,10-,11-;/m0./s1. The third-order valence-electron chi connectivity index (χ3n) is 3.58. The second-order valence-corrected chi connectivity index (χ2v) is 7.27. The van der Waals surface area contributed by atoms with Gasteiger partial charge in [-0.25, -0.2) is 14.4 Å². The largest absolute Gasteiger partial charge is 0.473 e. The molecule has 1 fully saturated rings. The van der Waals surface area contributed by atoms with Crippen molar-refractivity contribution in [3.05, 3.63) is 0 Å². The van der Waals surface area contributed by atoms with Crippen LogP contribution in [0.1, 0.15) is 40.0 Å². The third kappa shape index (κ3) is 9.21. The minimum absolute atomic E-state index is 0.0789. The summed E-state index contributed by atoms with van der Waals surface area (Å²) in [6.45, 7) is 5.43. The van der Waals surface area contributed by atoms with Crippen LogP contribution in [0.5, 0.6) is 0 Å². The van der Waals surface area contributed by atoms with E-state index in [-0.39, 0.29) is 23.9 Å². The van der Waals surface area contributed by atoms with Crippen LogP contribution in [0.25, 0.3) is 0 Å². The van der Waals surface area contributed by atoms with E-state index in [1.807, 2.05) is 20.8 Å². The molecule has 10 nitrogen and oxygen atoms in total. The molecule has 1 aliphatic carbocycles. The Labute approximate surface area is 152 Å². The maximum atomic E-state index is 12.0. The number of carboxylic acids is 2. The van der Waals surface area contributed by atoms with Gasteiger partial charge < -0.3 is 30.9 Å². The molecular formula is C16H29N3O7. The second-order valence-electron chi connectivity index (χ2n) is 7.27. The molecule has 0 aromatic rings. The first-order valence-corrected chi connectivity index (χ1v) is 8.17. The highest BCUT2D eigenvalue weighted by atomic mass is 16.6. The van der Waals surface area contributed by atoms with Crippen molar-refractivity contribution >= 4 is 23.9 Å². The molecule has 1 saturated carbocycles. The predicted octanol–water partition coefficient (Wildman–Crippen LogP) is 0.251. The Bertz CT molecular complexity index is 516. The Kier molecular flexibility index (Phi) is 9.05. The topological polar surface area (TPSA) is 159 Å². The number of hydrogen-bond acceptors (Lipinski definition) is 6. The van der Waals surface area contributed by atoms with Crippen molar-refractivity contribution in [2.45, 2.75) is 57.7 Å². The van der Waals surface area contributed by atoms with Crippen LogP contribution in [-0.4, -0.2) is 70.8 Å². The van der Waals surface area contributed by atoms with Gasteiger partial charge in [0, 0.05) is 32.1 Å². The van der Waals surface area contributed by atoms with Crippen LogP contribution in [0.4, 0.5) is 4.79 Å². The zero-order valence-electron chi connectivity index (χ0n) is 15.8. The number of rotatable bonds is 2. The van der Waals surface area contributed by atoms with E-state index in [9.17, 15) is 9.59 Å². The summed E-state index contributed by atoms with van der Waals surface area (Å²) in [6, 6.07) is -0.346. The average Bonchev–Trinajstić information content (AvgIpc) is 2.47. The molecule has 2 amide bonds. The van der Waals surface area contributed by atoms with E-state index in [1.54, 1.807) is 19.0 Å². The lowest BCUT2D eigenvalue weighted by molar-refractivity contribution is -0.159. The average molecular weight is 375 g/mol. The number of alkyl carbamates (subject to hydrolysis) is 1. The van der Waals surface area contributed by atoms with Gasteiger partial charge in [0.2, 0.25) is 5.91 Å². The molecule has 0 radical (unpaired) electrons. The summed E-state index contributed by atoms with van der Waals surface area (Å²) in [6.07, 6.45) is 1.59. The number of nitrogens with zero attached hydrogens (tertiary/aromatic N) is 1. The van der Waals surface area contributed by atoms with E-state index in [0.717, 1.165) is 12.8 Å². The molecule has 0 spiro atoms. The van der Waals surface area contributed by atoms with Gasteiger partial charge >= 0.3 is 18.0 Å². The zero-order valence-corrected chi connectivity index (χ0v) is 15.8. The number of hydrogen-bond donors (Lipinski definition) is 4. The highest BCUT2D eigenvalue weighted by Gasteiger charge is 2.34. The van der Waals surface area contributed by atoms with Gasteiger partial charge in [0.1, 0.15) is 5.60 Å². The number of nitrogens with two attached hydrogens (primary N) is 1. The fourth-order valence-corrected chi connectivity index (χ4v) is 2.41. The summed E-state index contributed by atoms with van der Waals surface area (Å²) in [4.78, 5) is 43.6. The minimum Gasteiger partial charge on any atom is -0.473 e. The molecule has 10 heteroatoms. The van der Waals surface area contributed by atoms with E-state index >= 15 is 0 Å². The molecule has 1 rings (SSSR count). The predicted molar refractivity (Wildman–Crippen MR) is 92.4 cm³/mol. The number of amides is 2. The van der Waals surface area contributed by atoms with Crippen LogP contribution in [0.3, 0.4) is 0 Å². The Hall–Kier alpha value is -2.36. The Balaban J connectivity index is 0.000000896. The molecule has 0 aromatic heterocycles. The third-order valence-corrected chi connectivity index (χ3v) is 3.58. The molecule has 0 aromatic carbocycles.